The van der Waals surface area contributed by atoms with Crippen LogP contribution >= 0.6 is 0 Å². The first-order valence-electron chi connectivity index (χ1n) is 9.44. The molecule has 1 N–H and O–H groups in total. The van der Waals surface area contributed by atoms with E-state index in [9.17, 15) is 14.7 Å². The highest BCUT2D eigenvalue weighted by molar-refractivity contribution is 6.16. The summed E-state index contributed by atoms with van der Waals surface area (Å²) in [6.07, 6.45) is 3.26. The average molecular weight is 378 g/mol. The number of carbonyl (C=O) groups is 2. The molecule has 3 rings (SSSR count). The van der Waals surface area contributed by atoms with Gasteiger partial charge in [-0.25, -0.2) is 0 Å². The fourth-order valence-corrected chi connectivity index (χ4v) is 3.41. The molecule has 146 valence electrons. The summed E-state index contributed by atoms with van der Waals surface area (Å²) in [6, 6.07) is 10.5. The summed E-state index contributed by atoms with van der Waals surface area (Å²) >= 11 is 0. The lowest BCUT2D eigenvalue weighted by Crippen LogP contribution is -2.31. The zero-order chi connectivity index (χ0) is 20.6. The van der Waals surface area contributed by atoms with Gasteiger partial charge < -0.3 is 5.11 Å². The van der Waals surface area contributed by atoms with Gasteiger partial charge in [0.15, 0.2) is 11.5 Å². The lowest BCUT2D eigenvalue weighted by molar-refractivity contribution is -0.119. The third-order valence-electron chi connectivity index (χ3n) is 5.01. The maximum Gasteiger partial charge on any atom is 0.294 e. The summed E-state index contributed by atoms with van der Waals surface area (Å²) in [5, 5.41) is 10.6. The van der Waals surface area contributed by atoms with Crippen molar-refractivity contribution in [1.29, 1.82) is 0 Å². The number of aliphatic hydroxyl groups excluding tert-OH is 1. The molecule has 1 aliphatic rings. The first-order valence-corrected chi connectivity index (χ1v) is 9.44. The zero-order valence-electron chi connectivity index (χ0n) is 16.9. The van der Waals surface area contributed by atoms with Gasteiger partial charge in [-0.15, -0.1) is 0 Å². The van der Waals surface area contributed by atoms with Gasteiger partial charge in [-0.05, 0) is 34.7 Å². The molecule has 1 aromatic carbocycles. The summed E-state index contributed by atoms with van der Waals surface area (Å²) in [6.45, 7) is 9.87. The maximum absolute atomic E-state index is 13.0. The van der Waals surface area contributed by atoms with Crippen molar-refractivity contribution in [2.24, 2.45) is 5.92 Å². The van der Waals surface area contributed by atoms with E-state index in [0.717, 1.165) is 5.56 Å². The van der Waals surface area contributed by atoms with Crippen molar-refractivity contribution in [3.05, 3.63) is 71.3 Å². The largest absolute Gasteiger partial charge is 0.503 e. The standard InChI is InChI=1S/C23H26N2O3/c1-14(2)20(26)18-19(15-7-6-12-24-13-15)25(22(28)21(18)27)17-10-8-16(9-11-17)23(3,4)5/h6-14,19,27H,1-5H3. The van der Waals surface area contributed by atoms with Gasteiger partial charge in [-0.3, -0.25) is 19.5 Å². The van der Waals surface area contributed by atoms with E-state index in [0.29, 0.717) is 11.3 Å². The van der Waals surface area contributed by atoms with E-state index >= 15 is 0 Å². The number of nitrogens with zero attached hydrogens (tertiary/aromatic N) is 2. The second kappa shape index (κ2) is 7.23. The summed E-state index contributed by atoms with van der Waals surface area (Å²) < 4.78 is 0. The Balaban J connectivity index is 2.12. The molecular formula is C23H26N2O3. The molecule has 1 unspecified atom stereocenters. The maximum atomic E-state index is 13.0. The Morgan fingerprint density at radius 3 is 2.29 bits per heavy atom. The van der Waals surface area contributed by atoms with Crippen LogP contribution in [-0.4, -0.2) is 21.8 Å². The zero-order valence-corrected chi connectivity index (χ0v) is 16.9. The Bertz CT molecular complexity index is 923. The lowest BCUT2D eigenvalue weighted by atomic mass is 9.87. The Kier molecular flexibility index (Phi) is 5.11. The van der Waals surface area contributed by atoms with Gasteiger partial charge in [-0.1, -0.05) is 52.8 Å². The number of rotatable bonds is 4. The average Bonchev–Trinajstić information content (AvgIpc) is 2.92. The summed E-state index contributed by atoms with van der Waals surface area (Å²) in [5.74, 6) is -1.63. The van der Waals surface area contributed by atoms with Crippen LogP contribution in [0, 0.1) is 5.92 Å². The molecule has 5 nitrogen and oxygen atoms in total. The van der Waals surface area contributed by atoms with E-state index in [-0.39, 0.29) is 22.7 Å². The number of amides is 1. The first-order chi connectivity index (χ1) is 13.1. The second-order valence-electron chi connectivity index (χ2n) is 8.44. The molecule has 1 aromatic heterocycles. The second-order valence-corrected chi connectivity index (χ2v) is 8.44. The molecule has 1 amide bonds. The minimum atomic E-state index is -0.698. The van der Waals surface area contributed by atoms with Crippen molar-refractivity contribution in [2.45, 2.75) is 46.1 Å². The molecule has 1 aliphatic heterocycles. The molecule has 0 aliphatic carbocycles. The van der Waals surface area contributed by atoms with Crippen molar-refractivity contribution >= 4 is 17.4 Å². The molecule has 2 heterocycles. The number of Topliss-reactive ketones (excluding diaryl/α,β-unsaturated/α-hetero) is 1. The molecule has 5 heteroatoms. The van der Waals surface area contributed by atoms with E-state index in [1.807, 2.05) is 30.3 Å². The molecule has 0 spiro atoms. The van der Waals surface area contributed by atoms with Crippen LogP contribution in [0.5, 0.6) is 0 Å². The fourth-order valence-electron chi connectivity index (χ4n) is 3.41. The number of aliphatic hydroxyl groups is 1. The lowest BCUT2D eigenvalue weighted by Gasteiger charge is -2.28. The van der Waals surface area contributed by atoms with Crippen LogP contribution in [0.2, 0.25) is 0 Å². The molecule has 0 saturated carbocycles. The van der Waals surface area contributed by atoms with Crippen molar-refractivity contribution in [3.63, 3.8) is 0 Å². The predicted molar refractivity (Wildman–Crippen MR) is 109 cm³/mol. The normalized spacial score (nSPS) is 17.6. The molecule has 0 bridgehead atoms. The quantitative estimate of drug-likeness (QED) is 0.850. The number of anilines is 1. The van der Waals surface area contributed by atoms with Gasteiger partial charge in [-0.2, -0.15) is 0 Å². The highest BCUT2D eigenvalue weighted by Crippen LogP contribution is 2.41. The third kappa shape index (κ3) is 3.44. The van der Waals surface area contributed by atoms with Gasteiger partial charge in [0.2, 0.25) is 0 Å². The minimum absolute atomic E-state index is 0.0184. The summed E-state index contributed by atoms with van der Waals surface area (Å²) in [7, 11) is 0. The molecule has 2 aromatic rings. The number of benzene rings is 1. The van der Waals surface area contributed by atoms with Crippen LogP contribution in [0.25, 0.3) is 0 Å². The van der Waals surface area contributed by atoms with E-state index in [4.69, 9.17) is 0 Å². The van der Waals surface area contributed by atoms with Crippen molar-refractivity contribution in [2.75, 3.05) is 4.90 Å². The van der Waals surface area contributed by atoms with E-state index in [1.165, 1.54) is 4.90 Å². The summed E-state index contributed by atoms with van der Waals surface area (Å²) in [5.41, 5.74) is 2.56. The van der Waals surface area contributed by atoms with Crippen LogP contribution in [-0.2, 0) is 15.0 Å². The predicted octanol–water partition coefficient (Wildman–Crippen LogP) is 4.50. The van der Waals surface area contributed by atoms with Gasteiger partial charge in [0.25, 0.3) is 5.91 Å². The van der Waals surface area contributed by atoms with Crippen LogP contribution in [0.4, 0.5) is 5.69 Å². The number of hydrogen-bond donors (Lipinski definition) is 1. The molecule has 0 fully saturated rings. The number of ketones is 1. The van der Waals surface area contributed by atoms with Gasteiger partial charge in [0.1, 0.15) is 0 Å². The number of aromatic nitrogens is 1. The monoisotopic (exact) mass is 378 g/mol. The van der Waals surface area contributed by atoms with Crippen molar-refractivity contribution < 1.29 is 14.7 Å². The van der Waals surface area contributed by atoms with Crippen molar-refractivity contribution in [3.8, 4) is 0 Å². The number of pyridine rings is 1. The van der Waals surface area contributed by atoms with Crippen LogP contribution in [0.3, 0.4) is 0 Å². The Morgan fingerprint density at radius 2 is 1.79 bits per heavy atom. The minimum Gasteiger partial charge on any atom is -0.503 e. The van der Waals surface area contributed by atoms with Crippen LogP contribution in [0.15, 0.2) is 60.1 Å². The highest BCUT2D eigenvalue weighted by atomic mass is 16.3. The molecule has 1 atom stereocenters. The van der Waals surface area contributed by atoms with E-state index in [2.05, 4.69) is 25.8 Å². The smallest absolute Gasteiger partial charge is 0.294 e. The Hall–Kier alpha value is -2.95. The number of hydrogen-bond acceptors (Lipinski definition) is 4. The first kappa shape index (κ1) is 19.8. The van der Waals surface area contributed by atoms with Gasteiger partial charge >= 0.3 is 0 Å². The van der Waals surface area contributed by atoms with Gasteiger partial charge in [0, 0.05) is 24.0 Å². The summed E-state index contributed by atoms with van der Waals surface area (Å²) in [4.78, 5) is 31.4. The van der Waals surface area contributed by atoms with E-state index in [1.54, 1.807) is 32.3 Å². The van der Waals surface area contributed by atoms with E-state index < -0.39 is 17.7 Å². The van der Waals surface area contributed by atoms with Crippen molar-refractivity contribution in [1.82, 2.24) is 4.98 Å². The molecular weight excluding hydrogens is 352 g/mol. The Labute approximate surface area is 165 Å². The van der Waals surface area contributed by atoms with Gasteiger partial charge in [0.05, 0.1) is 11.6 Å². The molecule has 28 heavy (non-hydrogen) atoms. The Morgan fingerprint density at radius 1 is 1.14 bits per heavy atom. The molecule has 0 saturated heterocycles. The number of carbonyl (C=O) groups excluding carboxylic acids is 2. The third-order valence-corrected chi connectivity index (χ3v) is 5.01. The fraction of sp³-hybridized carbons (Fsp3) is 0.348. The molecule has 0 radical (unpaired) electrons. The highest BCUT2D eigenvalue weighted by Gasteiger charge is 2.44. The SMILES string of the molecule is CC(C)C(=O)C1=C(O)C(=O)N(c2ccc(C(C)(C)C)cc2)C1c1cccnc1. The van der Waals surface area contributed by atoms with Crippen LogP contribution < -0.4 is 4.90 Å². The van der Waals surface area contributed by atoms with Crippen LogP contribution in [0.1, 0.15) is 51.8 Å². The topological polar surface area (TPSA) is 70.5 Å².